The number of carbonyl (C=O) groups is 2. The zero-order valence-corrected chi connectivity index (χ0v) is 20.7. The first kappa shape index (κ1) is 24.3. The fourth-order valence-electron chi connectivity index (χ4n) is 3.84. The average Bonchev–Trinajstić information content (AvgIpc) is 2.93. The molecule has 0 spiro atoms. The van der Waals surface area contributed by atoms with Crippen molar-refractivity contribution in [2.24, 2.45) is 11.3 Å². The van der Waals surface area contributed by atoms with Gasteiger partial charge in [0.2, 0.25) is 5.91 Å². The van der Waals surface area contributed by atoms with Crippen LogP contribution in [-0.2, 0) is 4.79 Å². The summed E-state index contributed by atoms with van der Waals surface area (Å²) in [4.78, 5) is 27.9. The lowest BCUT2D eigenvalue weighted by molar-refractivity contribution is -0.127. The van der Waals surface area contributed by atoms with Crippen molar-refractivity contribution in [3.05, 3.63) is 78.4 Å². The molecule has 3 aromatic carbocycles. The Kier molecular flexibility index (Phi) is 7.10. The molecule has 1 aliphatic heterocycles. The standard InChI is InChI=1S/C29H32N2O4/c1-20(2)16-17-31-25-15-12-22(18-26(25)34-19-29(3,4)28(31)33)30-27(32)21-10-13-24(14-11-21)35-23-8-6-5-7-9-23/h5-15,18,20H,16-17,19H2,1-4H3,(H,30,32). The van der Waals surface area contributed by atoms with Crippen molar-refractivity contribution in [3.8, 4) is 17.2 Å². The van der Waals surface area contributed by atoms with E-state index in [-0.39, 0.29) is 18.4 Å². The summed E-state index contributed by atoms with van der Waals surface area (Å²) >= 11 is 0. The molecule has 0 bridgehead atoms. The van der Waals surface area contributed by atoms with Crippen molar-refractivity contribution in [3.63, 3.8) is 0 Å². The number of carbonyl (C=O) groups excluding carboxylic acids is 2. The number of nitrogens with one attached hydrogen (secondary N) is 1. The summed E-state index contributed by atoms with van der Waals surface area (Å²) in [6, 6.07) is 21.9. The molecular formula is C29H32N2O4. The summed E-state index contributed by atoms with van der Waals surface area (Å²) in [5.74, 6) is 2.27. The zero-order chi connectivity index (χ0) is 25.0. The topological polar surface area (TPSA) is 67.9 Å². The number of nitrogens with zero attached hydrogens (tertiary/aromatic N) is 1. The van der Waals surface area contributed by atoms with Crippen LogP contribution in [0.25, 0.3) is 0 Å². The van der Waals surface area contributed by atoms with Crippen molar-refractivity contribution >= 4 is 23.2 Å². The predicted molar refractivity (Wildman–Crippen MR) is 138 cm³/mol. The van der Waals surface area contributed by atoms with Crippen LogP contribution in [0.4, 0.5) is 11.4 Å². The summed E-state index contributed by atoms with van der Waals surface area (Å²) in [6.07, 6.45) is 0.893. The van der Waals surface area contributed by atoms with Gasteiger partial charge in [0.1, 0.15) is 23.9 Å². The Morgan fingerprint density at radius 2 is 1.71 bits per heavy atom. The Morgan fingerprint density at radius 1 is 1.03 bits per heavy atom. The van der Waals surface area contributed by atoms with E-state index in [0.29, 0.717) is 35.2 Å². The summed E-state index contributed by atoms with van der Waals surface area (Å²) in [7, 11) is 0. The molecule has 1 N–H and O–H groups in total. The van der Waals surface area contributed by atoms with E-state index in [4.69, 9.17) is 9.47 Å². The number of hydrogen-bond acceptors (Lipinski definition) is 4. The molecule has 2 amide bonds. The molecule has 182 valence electrons. The van der Waals surface area contributed by atoms with Crippen molar-refractivity contribution in [1.29, 1.82) is 0 Å². The predicted octanol–water partition coefficient (Wildman–Crippen LogP) is 6.53. The third kappa shape index (κ3) is 5.83. The highest BCUT2D eigenvalue weighted by Gasteiger charge is 2.37. The quantitative estimate of drug-likeness (QED) is 0.425. The van der Waals surface area contributed by atoms with Gasteiger partial charge in [-0.25, -0.2) is 0 Å². The van der Waals surface area contributed by atoms with Crippen LogP contribution in [0.2, 0.25) is 0 Å². The van der Waals surface area contributed by atoms with Crippen LogP contribution < -0.4 is 19.7 Å². The van der Waals surface area contributed by atoms with Gasteiger partial charge in [-0.05, 0) is 74.7 Å². The number of fused-ring (bicyclic) bond motifs is 1. The number of anilines is 2. The van der Waals surface area contributed by atoms with E-state index < -0.39 is 5.41 Å². The van der Waals surface area contributed by atoms with Gasteiger partial charge in [-0.1, -0.05) is 32.0 Å². The number of para-hydroxylation sites is 1. The molecule has 35 heavy (non-hydrogen) atoms. The minimum atomic E-state index is -0.636. The van der Waals surface area contributed by atoms with Gasteiger partial charge in [-0.2, -0.15) is 0 Å². The molecule has 4 rings (SSSR count). The van der Waals surface area contributed by atoms with E-state index in [0.717, 1.165) is 17.9 Å². The smallest absolute Gasteiger partial charge is 0.255 e. The van der Waals surface area contributed by atoms with Crippen LogP contribution in [0.15, 0.2) is 72.8 Å². The second-order valence-electron chi connectivity index (χ2n) is 9.89. The van der Waals surface area contributed by atoms with E-state index >= 15 is 0 Å². The molecule has 6 heteroatoms. The normalized spacial score (nSPS) is 14.7. The maximum Gasteiger partial charge on any atom is 0.255 e. The largest absolute Gasteiger partial charge is 0.490 e. The molecular weight excluding hydrogens is 440 g/mol. The summed E-state index contributed by atoms with van der Waals surface area (Å²) in [5.41, 5.74) is 1.22. The maximum atomic E-state index is 13.2. The summed E-state index contributed by atoms with van der Waals surface area (Å²) < 4.78 is 11.8. The Hall–Kier alpha value is -3.80. The van der Waals surface area contributed by atoms with Gasteiger partial charge in [-0.15, -0.1) is 0 Å². The summed E-state index contributed by atoms with van der Waals surface area (Å²) in [6.45, 7) is 8.99. The Morgan fingerprint density at radius 3 is 2.40 bits per heavy atom. The third-order valence-corrected chi connectivity index (χ3v) is 5.95. The van der Waals surface area contributed by atoms with Gasteiger partial charge in [0.05, 0.1) is 11.1 Å². The van der Waals surface area contributed by atoms with Crippen LogP contribution in [0.1, 0.15) is 44.5 Å². The number of rotatable bonds is 7. The fourth-order valence-corrected chi connectivity index (χ4v) is 3.84. The van der Waals surface area contributed by atoms with E-state index in [1.165, 1.54) is 0 Å². The highest BCUT2D eigenvalue weighted by Crippen LogP contribution is 2.38. The zero-order valence-electron chi connectivity index (χ0n) is 20.7. The lowest BCUT2D eigenvalue weighted by Crippen LogP contribution is -2.42. The number of ether oxygens (including phenoxy) is 2. The van der Waals surface area contributed by atoms with Crippen LogP contribution in [-0.4, -0.2) is 25.0 Å². The second-order valence-corrected chi connectivity index (χ2v) is 9.89. The minimum absolute atomic E-state index is 0.0477. The molecule has 0 atom stereocenters. The van der Waals surface area contributed by atoms with Crippen LogP contribution in [0.5, 0.6) is 17.2 Å². The Balaban J connectivity index is 1.49. The van der Waals surface area contributed by atoms with Crippen LogP contribution in [0, 0.1) is 11.3 Å². The van der Waals surface area contributed by atoms with Gasteiger partial charge in [0, 0.05) is 23.9 Å². The minimum Gasteiger partial charge on any atom is -0.490 e. The van der Waals surface area contributed by atoms with Gasteiger partial charge in [-0.3, -0.25) is 9.59 Å². The van der Waals surface area contributed by atoms with E-state index in [1.54, 1.807) is 36.4 Å². The van der Waals surface area contributed by atoms with Gasteiger partial charge in [0.25, 0.3) is 5.91 Å². The molecule has 0 aromatic heterocycles. The van der Waals surface area contributed by atoms with Gasteiger partial charge < -0.3 is 19.7 Å². The third-order valence-electron chi connectivity index (χ3n) is 5.95. The van der Waals surface area contributed by atoms with E-state index in [1.807, 2.05) is 55.1 Å². The van der Waals surface area contributed by atoms with Crippen LogP contribution >= 0.6 is 0 Å². The molecule has 0 aliphatic carbocycles. The van der Waals surface area contributed by atoms with Crippen molar-refractivity contribution in [2.75, 3.05) is 23.4 Å². The monoisotopic (exact) mass is 472 g/mol. The Bertz CT molecular complexity index is 1190. The maximum absolute atomic E-state index is 13.2. The molecule has 1 aliphatic rings. The van der Waals surface area contributed by atoms with Crippen molar-refractivity contribution in [2.45, 2.75) is 34.1 Å². The molecule has 1 heterocycles. The highest BCUT2D eigenvalue weighted by molar-refractivity contribution is 6.05. The molecule has 6 nitrogen and oxygen atoms in total. The van der Waals surface area contributed by atoms with Gasteiger partial charge >= 0.3 is 0 Å². The SMILES string of the molecule is CC(C)CCN1C(=O)C(C)(C)COc2cc(NC(=O)c3ccc(Oc4ccccc4)cc3)ccc21. The molecule has 0 unspecified atom stereocenters. The second kappa shape index (κ2) is 10.2. The number of amides is 2. The summed E-state index contributed by atoms with van der Waals surface area (Å²) in [5, 5.41) is 2.93. The molecule has 0 radical (unpaired) electrons. The van der Waals surface area contributed by atoms with Crippen LogP contribution in [0.3, 0.4) is 0 Å². The van der Waals surface area contributed by atoms with E-state index in [2.05, 4.69) is 19.2 Å². The first-order valence-electron chi connectivity index (χ1n) is 12.0. The van der Waals surface area contributed by atoms with Crippen molar-refractivity contribution in [1.82, 2.24) is 0 Å². The number of hydrogen-bond donors (Lipinski definition) is 1. The molecule has 0 saturated carbocycles. The Labute approximate surface area is 206 Å². The molecule has 0 fully saturated rings. The first-order valence-corrected chi connectivity index (χ1v) is 12.0. The van der Waals surface area contributed by atoms with Crippen molar-refractivity contribution < 1.29 is 19.1 Å². The lowest BCUT2D eigenvalue weighted by Gasteiger charge is -2.28. The lowest BCUT2D eigenvalue weighted by atomic mass is 9.92. The highest BCUT2D eigenvalue weighted by atomic mass is 16.5. The molecule has 0 saturated heterocycles. The first-order chi connectivity index (χ1) is 16.7. The average molecular weight is 473 g/mol. The van der Waals surface area contributed by atoms with E-state index in [9.17, 15) is 9.59 Å². The van der Waals surface area contributed by atoms with Gasteiger partial charge in [0.15, 0.2) is 0 Å². The number of benzene rings is 3. The molecule has 3 aromatic rings. The fraction of sp³-hybridized carbons (Fsp3) is 0.310.